The van der Waals surface area contributed by atoms with Crippen molar-refractivity contribution in [3.8, 4) is 0 Å². The van der Waals surface area contributed by atoms with E-state index in [4.69, 9.17) is 9.47 Å². The molecule has 3 atom stereocenters. The summed E-state index contributed by atoms with van der Waals surface area (Å²) in [6.45, 7) is 2.45. The third-order valence-electron chi connectivity index (χ3n) is 3.54. The zero-order valence-electron chi connectivity index (χ0n) is 12.3. The van der Waals surface area contributed by atoms with Crippen LogP contribution in [-0.4, -0.2) is 55.3 Å². The van der Waals surface area contributed by atoms with Gasteiger partial charge in [-0.05, 0) is 18.4 Å². The summed E-state index contributed by atoms with van der Waals surface area (Å²) < 4.78 is 10.9. The summed E-state index contributed by atoms with van der Waals surface area (Å²) >= 11 is 0. The molecule has 5 heteroatoms. The molecule has 0 aliphatic carbocycles. The molecule has 1 fully saturated rings. The normalized spacial score (nSPS) is 21.3. The maximum atomic E-state index is 9.96. The van der Waals surface area contributed by atoms with E-state index < -0.39 is 12.2 Å². The topological polar surface area (TPSA) is 71.0 Å². The Balaban J connectivity index is 1.53. The molecule has 1 saturated heterocycles. The predicted molar refractivity (Wildman–Crippen MR) is 80.1 cm³/mol. The van der Waals surface area contributed by atoms with E-state index in [9.17, 15) is 10.2 Å². The Labute approximate surface area is 125 Å². The fraction of sp³-hybridized carbons (Fsp3) is 0.625. The van der Waals surface area contributed by atoms with Crippen LogP contribution in [0.5, 0.6) is 0 Å². The lowest BCUT2D eigenvalue weighted by atomic mass is 10.1. The molecule has 0 saturated carbocycles. The third-order valence-corrected chi connectivity index (χ3v) is 3.54. The SMILES string of the molecule is OC(CNCC(O)c1ccccc1)COCC1CCCO1. The summed E-state index contributed by atoms with van der Waals surface area (Å²) in [6, 6.07) is 9.47. The quantitative estimate of drug-likeness (QED) is 0.630. The van der Waals surface area contributed by atoms with Gasteiger partial charge in [0.15, 0.2) is 0 Å². The van der Waals surface area contributed by atoms with Gasteiger partial charge >= 0.3 is 0 Å². The van der Waals surface area contributed by atoms with Crippen LogP contribution in [0.4, 0.5) is 0 Å². The minimum Gasteiger partial charge on any atom is -0.389 e. The molecule has 1 aromatic rings. The molecule has 3 N–H and O–H groups in total. The van der Waals surface area contributed by atoms with Crippen molar-refractivity contribution < 1.29 is 19.7 Å². The van der Waals surface area contributed by atoms with Gasteiger partial charge in [-0.15, -0.1) is 0 Å². The van der Waals surface area contributed by atoms with Crippen LogP contribution in [0, 0.1) is 0 Å². The number of rotatable bonds is 9. The van der Waals surface area contributed by atoms with Gasteiger partial charge in [0.1, 0.15) is 0 Å². The van der Waals surface area contributed by atoms with E-state index in [-0.39, 0.29) is 12.7 Å². The molecule has 0 amide bonds. The smallest absolute Gasteiger partial charge is 0.0914 e. The predicted octanol–water partition coefficient (Wildman–Crippen LogP) is 0.866. The van der Waals surface area contributed by atoms with Crippen molar-refractivity contribution in [2.24, 2.45) is 0 Å². The van der Waals surface area contributed by atoms with E-state index in [1.807, 2.05) is 30.3 Å². The Morgan fingerprint density at radius 2 is 2.05 bits per heavy atom. The first-order valence-electron chi connectivity index (χ1n) is 7.57. The first kappa shape index (κ1) is 16.4. The molecule has 21 heavy (non-hydrogen) atoms. The summed E-state index contributed by atoms with van der Waals surface area (Å²) in [7, 11) is 0. The molecule has 1 aromatic carbocycles. The minimum atomic E-state index is -0.575. The van der Waals surface area contributed by atoms with Crippen LogP contribution >= 0.6 is 0 Å². The van der Waals surface area contributed by atoms with Crippen LogP contribution < -0.4 is 5.32 Å². The number of ether oxygens (including phenoxy) is 2. The van der Waals surface area contributed by atoms with Crippen LogP contribution in [0.1, 0.15) is 24.5 Å². The van der Waals surface area contributed by atoms with E-state index in [0.717, 1.165) is 25.0 Å². The zero-order valence-corrected chi connectivity index (χ0v) is 12.3. The Bertz CT molecular complexity index is 381. The molecule has 5 nitrogen and oxygen atoms in total. The van der Waals surface area contributed by atoms with Gasteiger partial charge in [0.2, 0.25) is 0 Å². The van der Waals surface area contributed by atoms with Crippen molar-refractivity contribution in [2.45, 2.75) is 31.2 Å². The van der Waals surface area contributed by atoms with E-state index >= 15 is 0 Å². The Kier molecular flexibility index (Phi) is 7.12. The maximum absolute atomic E-state index is 9.96. The van der Waals surface area contributed by atoms with Crippen molar-refractivity contribution in [3.63, 3.8) is 0 Å². The number of nitrogens with one attached hydrogen (secondary N) is 1. The standard InChI is InChI=1S/C16H25NO4/c18-14(11-20-12-15-7-4-8-21-15)9-17-10-16(19)13-5-2-1-3-6-13/h1-3,5-6,14-19H,4,7-12H2. The Morgan fingerprint density at radius 3 is 2.76 bits per heavy atom. The minimum absolute atomic E-state index is 0.185. The van der Waals surface area contributed by atoms with Crippen molar-refractivity contribution in [3.05, 3.63) is 35.9 Å². The maximum Gasteiger partial charge on any atom is 0.0914 e. The Morgan fingerprint density at radius 1 is 1.24 bits per heavy atom. The second kappa shape index (κ2) is 9.12. The number of aliphatic hydroxyl groups excluding tert-OH is 2. The molecule has 3 unspecified atom stereocenters. The van der Waals surface area contributed by atoms with Gasteiger partial charge in [-0.3, -0.25) is 0 Å². The lowest BCUT2D eigenvalue weighted by molar-refractivity contribution is -0.0168. The fourth-order valence-corrected chi connectivity index (χ4v) is 2.35. The van der Waals surface area contributed by atoms with Crippen LogP contribution in [0.3, 0.4) is 0 Å². The summed E-state index contributed by atoms with van der Waals surface area (Å²) in [6.07, 6.45) is 1.18. The monoisotopic (exact) mass is 295 g/mol. The van der Waals surface area contributed by atoms with E-state index in [1.54, 1.807) is 0 Å². The summed E-state index contributed by atoms with van der Waals surface area (Å²) in [5.74, 6) is 0. The summed E-state index contributed by atoms with van der Waals surface area (Å²) in [5.41, 5.74) is 0.870. The largest absolute Gasteiger partial charge is 0.389 e. The van der Waals surface area contributed by atoms with Gasteiger partial charge in [0.05, 0.1) is 31.5 Å². The van der Waals surface area contributed by atoms with E-state index in [0.29, 0.717) is 19.7 Å². The summed E-state index contributed by atoms with van der Waals surface area (Å²) in [4.78, 5) is 0. The van der Waals surface area contributed by atoms with Gasteiger partial charge < -0.3 is 25.0 Å². The van der Waals surface area contributed by atoms with Crippen LogP contribution in [-0.2, 0) is 9.47 Å². The van der Waals surface area contributed by atoms with Gasteiger partial charge in [-0.25, -0.2) is 0 Å². The average molecular weight is 295 g/mol. The van der Waals surface area contributed by atoms with Crippen LogP contribution in [0.25, 0.3) is 0 Å². The van der Waals surface area contributed by atoms with E-state index in [1.165, 1.54) is 0 Å². The molecule has 0 aromatic heterocycles. The van der Waals surface area contributed by atoms with Crippen molar-refractivity contribution >= 4 is 0 Å². The van der Waals surface area contributed by atoms with Gasteiger partial charge in [-0.2, -0.15) is 0 Å². The number of hydrogen-bond donors (Lipinski definition) is 3. The number of hydrogen-bond acceptors (Lipinski definition) is 5. The van der Waals surface area contributed by atoms with Gasteiger partial charge in [0.25, 0.3) is 0 Å². The third kappa shape index (κ3) is 6.11. The first-order valence-corrected chi connectivity index (χ1v) is 7.57. The average Bonchev–Trinajstić information content (AvgIpc) is 3.01. The van der Waals surface area contributed by atoms with E-state index in [2.05, 4.69) is 5.32 Å². The highest BCUT2D eigenvalue weighted by Crippen LogP contribution is 2.12. The first-order chi connectivity index (χ1) is 10.3. The highest BCUT2D eigenvalue weighted by Gasteiger charge is 2.16. The Hall–Kier alpha value is -0.980. The number of benzene rings is 1. The molecule has 0 radical (unpaired) electrons. The lowest BCUT2D eigenvalue weighted by Crippen LogP contribution is -2.33. The molecule has 1 heterocycles. The second-order valence-electron chi connectivity index (χ2n) is 5.41. The molecule has 1 aliphatic heterocycles. The molecular formula is C16H25NO4. The molecule has 1 aliphatic rings. The second-order valence-corrected chi connectivity index (χ2v) is 5.41. The van der Waals surface area contributed by atoms with Crippen LogP contribution in [0.2, 0.25) is 0 Å². The van der Waals surface area contributed by atoms with Crippen LogP contribution in [0.15, 0.2) is 30.3 Å². The van der Waals surface area contributed by atoms with Crippen molar-refractivity contribution in [1.29, 1.82) is 0 Å². The fourth-order valence-electron chi connectivity index (χ4n) is 2.35. The molecule has 0 bridgehead atoms. The highest BCUT2D eigenvalue weighted by atomic mass is 16.5. The van der Waals surface area contributed by atoms with Gasteiger partial charge in [0, 0.05) is 19.7 Å². The zero-order chi connectivity index (χ0) is 14.9. The number of aliphatic hydroxyl groups is 2. The summed E-state index contributed by atoms with van der Waals surface area (Å²) in [5, 5.41) is 22.8. The molecule has 0 spiro atoms. The van der Waals surface area contributed by atoms with Gasteiger partial charge in [-0.1, -0.05) is 30.3 Å². The van der Waals surface area contributed by atoms with Crippen molar-refractivity contribution in [2.75, 3.05) is 32.9 Å². The molecule has 2 rings (SSSR count). The molecular weight excluding hydrogens is 270 g/mol. The highest BCUT2D eigenvalue weighted by molar-refractivity contribution is 5.17. The molecule has 118 valence electrons. The lowest BCUT2D eigenvalue weighted by Gasteiger charge is -2.16. The van der Waals surface area contributed by atoms with Crippen molar-refractivity contribution in [1.82, 2.24) is 5.32 Å².